The SMILES string of the molecule is Cn1c(Sc2nnccc2C#N)n[nH]c1=O. The zero-order valence-corrected chi connectivity index (χ0v) is 9.02. The Kier molecular flexibility index (Phi) is 2.70. The van der Waals surface area contributed by atoms with Crippen LogP contribution in [0, 0.1) is 11.3 Å². The number of nitrogens with one attached hydrogen (secondary N) is 1. The van der Waals surface area contributed by atoms with Crippen LogP contribution in [-0.2, 0) is 7.05 Å². The van der Waals surface area contributed by atoms with Gasteiger partial charge in [0, 0.05) is 7.05 Å². The van der Waals surface area contributed by atoms with Gasteiger partial charge < -0.3 is 0 Å². The minimum Gasteiger partial charge on any atom is -0.273 e. The van der Waals surface area contributed by atoms with Gasteiger partial charge in [0.25, 0.3) is 0 Å². The molecule has 1 N–H and O–H groups in total. The van der Waals surface area contributed by atoms with Gasteiger partial charge >= 0.3 is 5.69 Å². The molecule has 2 aromatic heterocycles. The largest absolute Gasteiger partial charge is 0.343 e. The van der Waals surface area contributed by atoms with Crippen molar-refractivity contribution in [2.75, 3.05) is 0 Å². The van der Waals surface area contributed by atoms with E-state index >= 15 is 0 Å². The molecule has 16 heavy (non-hydrogen) atoms. The van der Waals surface area contributed by atoms with Gasteiger partial charge in [-0.05, 0) is 17.8 Å². The van der Waals surface area contributed by atoms with Crippen molar-refractivity contribution in [2.24, 2.45) is 7.05 Å². The summed E-state index contributed by atoms with van der Waals surface area (Å²) in [4.78, 5) is 11.1. The van der Waals surface area contributed by atoms with E-state index in [0.717, 1.165) is 11.8 Å². The molecule has 0 aliphatic carbocycles. The normalized spacial score (nSPS) is 10.0. The average Bonchev–Trinajstić information content (AvgIpc) is 2.62. The number of H-pyrrole nitrogens is 1. The maximum atomic E-state index is 11.1. The first-order chi connectivity index (χ1) is 7.72. The van der Waals surface area contributed by atoms with E-state index in [1.807, 2.05) is 6.07 Å². The average molecular weight is 234 g/mol. The fourth-order valence-corrected chi connectivity index (χ4v) is 1.79. The molecule has 0 aromatic carbocycles. The van der Waals surface area contributed by atoms with E-state index in [9.17, 15) is 4.79 Å². The Morgan fingerprint density at radius 1 is 1.62 bits per heavy atom. The summed E-state index contributed by atoms with van der Waals surface area (Å²) in [6.45, 7) is 0. The number of hydrogen-bond acceptors (Lipinski definition) is 6. The van der Waals surface area contributed by atoms with Crippen molar-refractivity contribution in [1.82, 2.24) is 25.0 Å². The summed E-state index contributed by atoms with van der Waals surface area (Å²) in [6, 6.07) is 3.55. The molecule has 0 aliphatic rings. The highest BCUT2D eigenvalue weighted by Crippen LogP contribution is 2.24. The van der Waals surface area contributed by atoms with Crippen molar-refractivity contribution in [3.05, 3.63) is 28.3 Å². The van der Waals surface area contributed by atoms with E-state index in [1.165, 1.54) is 10.8 Å². The van der Waals surface area contributed by atoms with E-state index in [-0.39, 0.29) is 5.69 Å². The smallest absolute Gasteiger partial charge is 0.273 e. The third-order valence-corrected chi connectivity index (χ3v) is 2.88. The number of hydrogen-bond donors (Lipinski definition) is 1. The summed E-state index contributed by atoms with van der Waals surface area (Å²) in [5, 5.41) is 23.3. The van der Waals surface area contributed by atoms with Crippen molar-refractivity contribution in [1.29, 1.82) is 5.26 Å². The molecule has 0 amide bonds. The van der Waals surface area contributed by atoms with E-state index in [1.54, 1.807) is 13.1 Å². The van der Waals surface area contributed by atoms with Gasteiger partial charge in [0.2, 0.25) is 0 Å². The Bertz CT molecular complexity index is 609. The lowest BCUT2D eigenvalue weighted by Gasteiger charge is -1.99. The van der Waals surface area contributed by atoms with Crippen molar-refractivity contribution < 1.29 is 0 Å². The number of rotatable bonds is 2. The summed E-state index contributed by atoms with van der Waals surface area (Å²) < 4.78 is 1.33. The van der Waals surface area contributed by atoms with Gasteiger partial charge in [-0.25, -0.2) is 9.89 Å². The Morgan fingerprint density at radius 3 is 3.06 bits per heavy atom. The van der Waals surface area contributed by atoms with Crippen LogP contribution < -0.4 is 5.69 Å². The first-order valence-corrected chi connectivity index (χ1v) is 5.05. The Morgan fingerprint density at radius 2 is 2.44 bits per heavy atom. The van der Waals surface area contributed by atoms with Crippen molar-refractivity contribution in [3.63, 3.8) is 0 Å². The predicted octanol–water partition coefficient (Wildman–Crippen LogP) is -0.0787. The minimum absolute atomic E-state index is 0.315. The van der Waals surface area contributed by atoms with Gasteiger partial charge in [-0.2, -0.15) is 10.4 Å². The summed E-state index contributed by atoms with van der Waals surface area (Å²) in [7, 11) is 1.58. The van der Waals surface area contributed by atoms with Gasteiger partial charge in [-0.3, -0.25) is 4.57 Å². The number of nitrogens with zero attached hydrogens (tertiary/aromatic N) is 5. The topological polar surface area (TPSA) is 100 Å². The zero-order valence-electron chi connectivity index (χ0n) is 8.21. The molecule has 0 atom stereocenters. The predicted molar refractivity (Wildman–Crippen MR) is 54.7 cm³/mol. The molecule has 2 aromatic rings. The molecule has 0 fully saturated rings. The standard InChI is InChI=1S/C8H6N6OS/c1-14-7(15)12-13-8(14)16-6-5(4-9)2-3-10-11-6/h2-3H,1H3,(H,12,15). The highest BCUT2D eigenvalue weighted by atomic mass is 32.2. The van der Waals surface area contributed by atoms with Gasteiger partial charge in [-0.15, -0.1) is 10.2 Å². The Labute approximate surface area is 94.1 Å². The Hall–Kier alpha value is -2.14. The van der Waals surface area contributed by atoms with Crippen LogP contribution in [0.3, 0.4) is 0 Å². The van der Waals surface area contributed by atoms with Crippen molar-refractivity contribution in [3.8, 4) is 6.07 Å². The molecule has 80 valence electrons. The van der Waals surface area contributed by atoms with Crippen LogP contribution in [0.4, 0.5) is 0 Å². The van der Waals surface area contributed by atoms with Crippen LogP contribution >= 0.6 is 11.8 Å². The maximum Gasteiger partial charge on any atom is 0.343 e. The molecule has 8 heteroatoms. The first kappa shape index (κ1) is 10.4. The van der Waals surface area contributed by atoms with E-state index in [4.69, 9.17) is 5.26 Å². The fraction of sp³-hybridized carbons (Fsp3) is 0.125. The minimum atomic E-state index is -0.315. The summed E-state index contributed by atoms with van der Waals surface area (Å²) >= 11 is 1.11. The third kappa shape index (κ3) is 1.80. The quantitative estimate of drug-likeness (QED) is 0.780. The molecule has 0 radical (unpaired) electrons. The van der Waals surface area contributed by atoms with Crippen LogP contribution in [-0.4, -0.2) is 25.0 Å². The van der Waals surface area contributed by atoms with Crippen LogP contribution in [0.15, 0.2) is 27.2 Å². The van der Waals surface area contributed by atoms with Crippen LogP contribution in [0.5, 0.6) is 0 Å². The summed E-state index contributed by atoms with van der Waals surface area (Å²) in [6.07, 6.45) is 1.44. The third-order valence-electron chi connectivity index (χ3n) is 1.83. The van der Waals surface area contributed by atoms with Crippen LogP contribution in [0.25, 0.3) is 0 Å². The summed E-state index contributed by atoms with van der Waals surface area (Å²) in [5.74, 6) is 0. The lowest BCUT2D eigenvalue weighted by atomic mass is 10.3. The molecule has 7 nitrogen and oxygen atoms in total. The van der Waals surface area contributed by atoms with E-state index < -0.39 is 0 Å². The highest BCUT2D eigenvalue weighted by Gasteiger charge is 2.11. The first-order valence-electron chi connectivity index (χ1n) is 4.23. The molecule has 0 spiro atoms. The van der Waals surface area contributed by atoms with Crippen molar-refractivity contribution >= 4 is 11.8 Å². The van der Waals surface area contributed by atoms with Gasteiger partial charge in [-0.1, -0.05) is 0 Å². The lowest BCUT2D eigenvalue weighted by molar-refractivity contribution is 0.763. The highest BCUT2D eigenvalue weighted by molar-refractivity contribution is 7.99. The second-order valence-electron chi connectivity index (χ2n) is 2.83. The van der Waals surface area contributed by atoms with E-state index in [2.05, 4.69) is 20.4 Å². The molecular weight excluding hydrogens is 228 g/mol. The second kappa shape index (κ2) is 4.16. The van der Waals surface area contributed by atoms with Gasteiger partial charge in [0.05, 0.1) is 11.8 Å². The van der Waals surface area contributed by atoms with Gasteiger partial charge in [0.15, 0.2) is 5.16 Å². The number of aromatic nitrogens is 5. The van der Waals surface area contributed by atoms with Crippen molar-refractivity contribution in [2.45, 2.75) is 10.2 Å². The molecule has 2 heterocycles. The molecule has 0 unspecified atom stereocenters. The molecule has 0 aliphatic heterocycles. The number of aromatic amines is 1. The van der Waals surface area contributed by atoms with E-state index in [0.29, 0.717) is 15.7 Å². The lowest BCUT2D eigenvalue weighted by Crippen LogP contribution is -2.12. The van der Waals surface area contributed by atoms with Crippen LogP contribution in [0.2, 0.25) is 0 Å². The number of nitriles is 1. The van der Waals surface area contributed by atoms with Gasteiger partial charge in [0.1, 0.15) is 11.1 Å². The van der Waals surface area contributed by atoms with Crippen LogP contribution in [0.1, 0.15) is 5.56 Å². The molecule has 0 saturated heterocycles. The Balaban J connectivity index is 2.38. The monoisotopic (exact) mass is 234 g/mol. The molecule has 0 saturated carbocycles. The summed E-state index contributed by atoms with van der Waals surface area (Å²) in [5.41, 5.74) is 0.0837. The zero-order chi connectivity index (χ0) is 11.5. The fourth-order valence-electron chi connectivity index (χ4n) is 0.990. The maximum absolute atomic E-state index is 11.1. The molecule has 0 bridgehead atoms. The second-order valence-corrected chi connectivity index (χ2v) is 3.79. The molecular formula is C8H6N6OS. The molecule has 2 rings (SSSR count).